The number of imidazole rings is 1. The lowest BCUT2D eigenvalue weighted by molar-refractivity contribution is 0.573. The van der Waals surface area contributed by atoms with E-state index >= 15 is 0 Å². The largest absolute Gasteiger partial charge is 0.461 e. The van der Waals surface area contributed by atoms with Crippen LogP contribution in [0.25, 0.3) is 28.7 Å². The van der Waals surface area contributed by atoms with Gasteiger partial charge in [-0.15, -0.1) is 0 Å². The molecule has 0 bridgehead atoms. The summed E-state index contributed by atoms with van der Waals surface area (Å²) in [6, 6.07) is 22.3. The van der Waals surface area contributed by atoms with Gasteiger partial charge in [-0.05, 0) is 29.8 Å². The van der Waals surface area contributed by atoms with E-state index in [-0.39, 0.29) is 0 Å². The third-order valence-electron chi connectivity index (χ3n) is 3.79. The van der Waals surface area contributed by atoms with Crippen LogP contribution in [0, 0.1) is 0 Å². The maximum atomic E-state index is 5.55. The second-order valence-electron chi connectivity index (χ2n) is 5.33. The van der Waals surface area contributed by atoms with Crippen LogP contribution < -0.4 is 0 Å². The molecule has 0 saturated heterocycles. The van der Waals surface area contributed by atoms with Crippen molar-refractivity contribution in [1.29, 1.82) is 0 Å². The van der Waals surface area contributed by atoms with Crippen LogP contribution >= 0.6 is 0 Å². The lowest BCUT2D eigenvalue weighted by Gasteiger charge is -2.04. The molecule has 0 spiro atoms. The maximum absolute atomic E-state index is 5.55. The molecule has 4 rings (SSSR count). The first kappa shape index (κ1) is 13.6. The van der Waals surface area contributed by atoms with Gasteiger partial charge in [0.25, 0.3) is 0 Å². The monoisotopic (exact) mass is 300 g/mol. The standard InChI is InChI=1S/C20H16N2O/c1-2-8-16(9-3-1)10-6-14-22-18-12-5-4-11-17(18)21-20(22)19-13-7-15-23-19/h1-13,15H,14H2/b10-6+. The number of hydrogen-bond acceptors (Lipinski definition) is 2. The highest BCUT2D eigenvalue weighted by Crippen LogP contribution is 2.25. The Morgan fingerprint density at radius 2 is 1.74 bits per heavy atom. The highest BCUT2D eigenvalue weighted by molar-refractivity contribution is 5.79. The summed E-state index contributed by atoms with van der Waals surface area (Å²) >= 11 is 0. The minimum absolute atomic E-state index is 0.742. The van der Waals surface area contributed by atoms with Crippen LogP contribution in [0.4, 0.5) is 0 Å². The summed E-state index contributed by atoms with van der Waals surface area (Å²) < 4.78 is 7.72. The zero-order valence-electron chi connectivity index (χ0n) is 12.6. The number of para-hydroxylation sites is 2. The van der Waals surface area contributed by atoms with Crippen molar-refractivity contribution in [3.63, 3.8) is 0 Å². The minimum Gasteiger partial charge on any atom is -0.461 e. The van der Waals surface area contributed by atoms with E-state index in [0.717, 1.165) is 29.2 Å². The molecule has 2 heterocycles. The van der Waals surface area contributed by atoms with Crippen LogP contribution in [0.2, 0.25) is 0 Å². The van der Waals surface area contributed by atoms with Gasteiger partial charge in [0.1, 0.15) is 0 Å². The highest BCUT2D eigenvalue weighted by atomic mass is 16.3. The van der Waals surface area contributed by atoms with Gasteiger partial charge in [0, 0.05) is 6.54 Å². The minimum atomic E-state index is 0.742. The normalized spacial score (nSPS) is 11.5. The zero-order chi connectivity index (χ0) is 15.5. The third kappa shape index (κ3) is 2.69. The summed E-state index contributed by atoms with van der Waals surface area (Å²) in [5.74, 6) is 1.64. The Morgan fingerprint density at radius 1 is 0.913 bits per heavy atom. The van der Waals surface area contributed by atoms with Crippen molar-refractivity contribution in [2.75, 3.05) is 0 Å². The van der Waals surface area contributed by atoms with Crippen molar-refractivity contribution in [3.05, 3.63) is 84.6 Å². The fourth-order valence-electron chi connectivity index (χ4n) is 2.71. The Morgan fingerprint density at radius 3 is 2.57 bits per heavy atom. The average Bonchev–Trinajstić information content (AvgIpc) is 3.24. The molecule has 0 aliphatic heterocycles. The summed E-state index contributed by atoms with van der Waals surface area (Å²) in [6.45, 7) is 0.742. The molecule has 112 valence electrons. The van der Waals surface area contributed by atoms with Gasteiger partial charge in [0.2, 0.25) is 0 Å². The number of allylic oxidation sites excluding steroid dienone is 1. The summed E-state index contributed by atoms with van der Waals surface area (Å²) in [6.07, 6.45) is 5.95. The van der Waals surface area contributed by atoms with Crippen molar-refractivity contribution >= 4 is 17.1 Å². The molecule has 0 aliphatic carbocycles. The number of rotatable bonds is 4. The van der Waals surface area contributed by atoms with Crippen LogP contribution in [0.5, 0.6) is 0 Å². The molecule has 0 fully saturated rings. The molecule has 0 unspecified atom stereocenters. The first-order chi connectivity index (χ1) is 11.4. The van der Waals surface area contributed by atoms with Crippen molar-refractivity contribution in [2.45, 2.75) is 6.54 Å². The zero-order valence-corrected chi connectivity index (χ0v) is 12.6. The van der Waals surface area contributed by atoms with Gasteiger partial charge in [0.15, 0.2) is 11.6 Å². The number of furan rings is 1. The van der Waals surface area contributed by atoms with Gasteiger partial charge in [-0.1, -0.05) is 54.6 Å². The molecule has 2 aromatic carbocycles. The van der Waals surface area contributed by atoms with Crippen molar-refractivity contribution in [2.24, 2.45) is 0 Å². The lowest BCUT2D eigenvalue weighted by Crippen LogP contribution is -1.97. The van der Waals surface area contributed by atoms with E-state index in [1.807, 2.05) is 48.5 Å². The molecule has 3 heteroatoms. The average molecular weight is 300 g/mol. The Hall–Kier alpha value is -3.07. The van der Waals surface area contributed by atoms with Gasteiger partial charge in [-0.3, -0.25) is 0 Å². The highest BCUT2D eigenvalue weighted by Gasteiger charge is 2.13. The first-order valence-electron chi connectivity index (χ1n) is 7.62. The number of hydrogen-bond donors (Lipinski definition) is 0. The molecule has 4 aromatic rings. The molecule has 23 heavy (non-hydrogen) atoms. The number of benzene rings is 2. The molecule has 0 N–H and O–H groups in total. The summed E-state index contributed by atoms with van der Waals surface area (Å²) in [4.78, 5) is 4.72. The smallest absolute Gasteiger partial charge is 0.177 e. The number of nitrogens with zero attached hydrogens (tertiary/aromatic N) is 2. The van der Waals surface area contributed by atoms with Crippen LogP contribution in [0.15, 0.2) is 83.5 Å². The van der Waals surface area contributed by atoms with Gasteiger partial charge >= 0.3 is 0 Å². The molecule has 3 nitrogen and oxygen atoms in total. The van der Waals surface area contributed by atoms with Crippen LogP contribution in [-0.2, 0) is 6.54 Å². The van der Waals surface area contributed by atoms with Crippen LogP contribution in [0.3, 0.4) is 0 Å². The van der Waals surface area contributed by atoms with E-state index in [9.17, 15) is 0 Å². The maximum Gasteiger partial charge on any atom is 0.177 e. The second-order valence-corrected chi connectivity index (χ2v) is 5.33. The van der Waals surface area contributed by atoms with Crippen molar-refractivity contribution in [3.8, 4) is 11.6 Å². The lowest BCUT2D eigenvalue weighted by atomic mass is 10.2. The van der Waals surface area contributed by atoms with Gasteiger partial charge in [-0.25, -0.2) is 4.98 Å². The van der Waals surface area contributed by atoms with E-state index in [2.05, 4.69) is 34.9 Å². The fourth-order valence-corrected chi connectivity index (χ4v) is 2.71. The topological polar surface area (TPSA) is 31.0 Å². The first-order valence-corrected chi connectivity index (χ1v) is 7.62. The Labute approximate surface area is 134 Å². The van der Waals surface area contributed by atoms with E-state index in [0.29, 0.717) is 0 Å². The Balaban J connectivity index is 1.73. The number of aromatic nitrogens is 2. The molecule has 0 aliphatic rings. The van der Waals surface area contributed by atoms with E-state index < -0.39 is 0 Å². The van der Waals surface area contributed by atoms with Crippen LogP contribution in [0.1, 0.15) is 5.56 Å². The van der Waals surface area contributed by atoms with E-state index in [1.165, 1.54) is 5.56 Å². The quantitative estimate of drug-likeness (QED) is 0.530. The van der Waals surface area contributed by atoms with Gasteiger partial charge in [-0.2, -0.15) is 0 Å². The Bertz CT molecular complexity index is 934. The molecular formula is C20H16N2O. The van der Waals surface area contributed by atoms with Gasteiger partial charge < -0.3 is 8.98 Å². The van der Waals surface area contributed by atoms with E-state index in [1.54, 1.807) is 6.26 Å². The Kier molecular flexibility index (Phi) is 3.53. The molecule has 0 saturated carbocycles. The SMILES string of the molecule is C(=C\c1ccccc1)/Cn1c(-c2ccco2)nc2ccccc21. The summed E-state index contributed by atoms with van der Waals surface area (Å²) in [7, 11) is 0. The summed E-state index contributed by atoms with van der Waals surface area (Å²) in [5.41, 5.74) is 3.28. The van der Waals surface area contributed by atoms with Crippen LogP contribution in [-0.4, -0.2) is 9.55 Å². The second kappa shape index (κ2) is 5.97. The van der Waals surface area contributed by atoms with Crippen molar-refractivity contribution in [1.82, 2.24) is 9.55 Å². The molecule has 0 atom stereocenters. The molecule has 2 aromatic heterocycles. The van der Waals surface area contributed by atoms with Crippen molar-refractivity contribution < 1.29 is 4.42 Å². The fraction of sp³-hybridized carbons (Fsp3) is 0.0500. The predicted molar refractivity (Wildman–Crippen MR) is 92.9 cm³/mol. The predicted octanol–water partition coefficient (Wildman–Crippen LogP) is 5.01. The third-order valence-corrected chi connectivity index (χ3v) is 3.79. The van der Waals surface area contributed by atoms with Gasteiger partial charge in [0.05, 0.1) is 17.3 Å². The molecule has 0 radical (unpaired) electrons. The number of fused-ring (bicyclic) bond motifs is 1. The summed E-state index contributed by atoms with van der Waals surface area (Å²) in [5, 5.41) is 0. The molecule has 0 amide bonds. The van der Waals surface area contributed by atoms with E-state index in [4.69, 9.17) is 9.40 Å². The molecular weight excluding hydrogens is 284 g/mol.